The van der Waals surface area contributed by atoms with Gasteiger partial charge in [0.25, 0.3) is 0 Å². The molecular weight excluding hydrogens is 228 g/mol. The lowest BCUT2D eigenvalue weighted by molar-refractivity contribution is 0.390. The van der Waals surface area contributed by atoms with Crippen molar-refractivity contribution in [2.75, 3.05) is 20.8 Å². The lowest BCUT2D eigenvalue weighted by Gasteiger charge is -2.17. The lowest BCUT2D eigenvalue weighted by Crippen LogP contribution is -2.14. The third kappa shape index (κ3) is 1.64. The van der Waals surface area contributed by atoms with E-state index in [-0.39, 0.29) is 0 Å². The predicted molar refractivity (Wildman–Crippen MR) is 71.4 cm³/mol. The predicted octanol–water partition coefficient (Wildman–Crippen LogP) is 2.61. The molecule has 1 aromatic carbocycles. The van der Waals surface area contributed by atoms with Crippen molar-refractivity contribution >= 4 is 10.9 Å². The van der Waals surface area contributed by atoms with E-state index in [0.717, 1.165) is 35.4 Å². The number of aromatic nitrogens is 1. The molecule has 4 nitrogen and oxygen atoms in total. The highest BCUT2D eigenvalue weighted by atomic mass is 16.5. The molecule has 3 rings (SSSR count). The van der Waals surface area contributed by atoms with Crippen molar-refractivity contribution in [1.29, 1.82) is 0 Å². The molecule has 1 aliphatic rings. The summed E-state index contributed by atoms with van der Waals surface area (Å²) in [5, 5.41) is 4.64. The molecule has 0 bridgehead atoms. The summed E-state index contributed by atoms with van der Waals surface area (Å²) < 4.78 is 11.0. The monoisotopic (exact) mass is 246 g/mol. The average Bonchev–Trinajstić information content (AvgIpc) is 3.07. The number of fused-ring (bicyclic) bond motifs is 1. The maximum Gasteiger partial charge on any atom is 0.131 e. The van der Waals surface area contributed by atoms with Crippen molar-refractivity contribution in [2.24, 2.45) is 0 Å². The zero-order valence-electron chi connectivity index (χ0n) is 10.7. The number of methoxy groups -OCH3 is 2. The summed E-state index contributed by atoms with van der Waals surface area (Å²) in [6.07, 6.45) is 4.31. The molecule has 2 N–H and O–H groups in total. The standard InChI is InChI=1S/C14H18N2O2/c1-17-11-8-12(18-2)13(10-4-3-6-15-10)14-9(11)5-7-16-14/h5,7-8,10,15-16H,3-4,6H2,1-2H3. The zero-order valence-corrected chi connectivity index (χ0v) is 10.7. The van der Waals surface area contributed by atoms with Gasteiger partial charge in [-0.2, -0.15) is 0 Å². The maximum absolute atomic E-state index is 5.54. The molecule has 1 aromatic heterocycles. The fraction of sp³-hybridized carbons (Fsp3) is 0.429. The van der Waals surface area contributed by atoms with E-state index in [9.17, 15) is 0 Å². The van der Waals surface area contributed by atoms with E-state index in [1.165, 1.54) is 12.0 Å². The Bertz CT molecular complexity index is 556. The molecule has 0 saturated carbocycles. The van der Waals surface area contributed by atoms with E-state index in [1.807, 2.05) is 18.3 Å². The van der Waals surface area contributed by atoms with E-state index in [1.54, 1.807) is 14.2 Å². The summed E-state index contributed by atoms with van der Waals surface area (Å²) in [5.41, 5.74) is 2.33. The van der Waals surface area contributed by atoms with E-state index in [4.69, 9.17) is 9.47 Å². The first-order valence-electron chi connectivity index (χ1n) is 6.30. The van der Waals surface area contributed by atoms with Crippen molar-refractivity contribution in [3.8, 4) is 11.5 Å². The molecule has 18 heavy (non-hydrogen) atoms. The Morgan fingerprint density at radius 2 is 2.06 bits per heavy atom. The number of aromatic amines is 1. The largest absolute Gasteiger partial charge is 0.496 e. The Morgan fingerprint density at radius 3 is 2.72 bits per heavy atom. The van der Waals surface area contributed by atoms with Crippen LogP contribution in [0.2, 0.25) is 0 Å². The van der Waals surface area contributed by atoms with Gasteiger partial charge in [-0.05, 0) is 25.5 Å². The van der Waals surface area contributed by atoms with Gasteiger partial charge in [-0.3, -0.25) is 0 Å². The third-order valence-electron chi connectivity index (χ3n) is 3.66. The number of benzene rings is 1. The van der Waals surface area contributed by atoms with Crippen molar-refractivity contribution in [1.82, 2.24) is 10.3 Å². The quantitative estimate of drug-likeness (QED) is 0.875. The van der Waals surface area contributed by atoms with Crippen LogP contribution >= 0.6 is 0 Å². The number of nitrogens with one attached hydrogen (secondary N) is 2. The van der Waals surface area contributed by atoms with Crippen LogP contribution in [0.5, 0.6) is 11.5 Å². The summed E-state index contributed by atoms with van der Waals surface area (Å²) >= 11 is 0. The fourth-order valence-corrected chi connectivity index (χ4v) is 2.81. The van der Waals surface area contributed by atoms with Gasteiger partial charge in [-0.1, -0.05) is 0 Å². The van der Waals surface area contributed by atoms with Crippen molar-refractivity contribution < 1.29 is 9.47 Å². The molecule has 1 aliphatic heterocycles. The third-order valence-corrected chi connectivity index (χ3v) is 3.66. The molecular formula is C14H18N2O2. The summed E-state index contributed by atoms with van der Waals surface area (Å²) in [6.45, 7) is 1.07. The van der Waals surface area contributed by atoms with Gasteiger partial charge in [0, 0.05) is 29.3 Å². The van der Waals surface area contributed by atoms with Gasteiger partial charge < -0.3 is 19.8 Å². The molecule has 2 heterocycles. The molecule has 1 atom stereocenters. The molecule has 0 amide bonds. The van der Waals surface area contributed by atoms with Crippen LogP contribution in [0.4, 0.5) is 0 Å². The first kappa shape index (κ1) is 11.4. The highest BCUT2D eigenvalue weighted by Crippen LogP contribution is 2.40. The van der Waals surface area contributed by atoms with Crippen LogP contribution in [-0.2, 0) is 0 Å². The molecule has 1 unspecified atom stereocenters. The van der Waals surface area contributed by atoms with Crippen LogP contribution in [-0.4, -0.2) is 25.7 Å². The number of ether oxygens (including phenoxy) is 2. The molecule has 2 aromatic rings. The molecule has 1 fully saturated rings. The summed E-state index contributed by atoms with van der Waals surface area (Å²) in [5.74, 6) is 1.74. The Labute approximate surface area is 106 Å². The molecule has 1 saturated heterocycles. The van der Waals surface area contributed by atoms with Crippen LogP contribution in [0.1, 0.15) is 24.4 Å². The van der Waals surface area contributed by atoms with E-state index in [2.05, 4.69) is 10.3 Å². The van der Waals surface area contributed by atoms with Gasteiger partial charge in [0.1, 0.15) is 11.5 Å². The summed E-state index contributed by atoms with van der Waals surface area (Å²) in [4.78, 5) is 3.31. The van der Waals surface area contributed by atoms with Crippen LogP contribution < -0.4 is 14.8 Å². The van der Waals surface area contributed by atoms with E-state index >= 15 is 0 Å². The van der Waals surface area contributed by atoms with Crippen molar-refractivity contribution in [3.63, 3.8) is 0 Å². The second-order valence-electron chi connectivity index (χ2n) is 4.61. The van der Waals surface area contributed by atoms with Gasteiger partial charge in [0.15, 0.2) is 0 Å². The van der Waals surface area contributed by atoms with Crippen LogP contribution in [0.15, 0.2) is 18.3 Å². The minimum atomic E-state index is 0.368. The lowest BCUT2D eigenvalue weighted by atomic mass is 10.0. The topological polar surface area (TPSA) is 46.3 Å². The van der Waals surface area contributed by atoms with Gasteiger partial charge in [-0.25, -0.2) is 0 Å². The Morgan fingerprint density at radius 1 is 1.22 bits per heavy atom. The zero-order chi connectivity index (χ0) is 12.5. The Balaban J connectivity index is 2.23. The second kappa shape index (κ2) is 4.53. The molecule has 4 heteroatoms. The van der Waals surface area contributed by atoms with Gasteiger partial charge in [0.05, 0.1) is 19.7 Å². The first-order chi connectivity index (χ1) is 8.85. The smallest absolute Gasteiger partial charge is 0.131 e. The van der Waals surface area contributed by atoms with Gasteiger partial charge >= 0.3 is 0 Å². The van der Waals surface area contributed by atoms with Crippen molar-refractivity contribution in [3.05, 3.63) is 23.9 Å². The summed E-state index contributed by atoms with van der Waals surface area (Å²) in [6, 6.07) is 4.39. The second-order valence-corrected chi connectivity index (χ2v) is 4.61. The minimum absolute atomic E-state index is 0.368. The molecule has 0 radical (unpaired) electrons. The number of hydrogen-bond donors (Lipinski definition) is 2. The van der Waals surface area contributed by atoms with Crippen LogP contribution in [0.25, 0.3) is 10.9 Å². The molecule has 96 valence electrons. The molecule has 0 aliphatic carbocycles. The molecule has 0 spiro atoms. The minimum Gasteiger partial charge on any atom is -0.496 e. The summed E-state index contributed by atoms with van der Waals surface area (Å²) in [7, 11) is 3.40. The first-order valence-corrected chi connectivity index (χ1v) is 6.30. The van der Waals surface area contributed by atoms with Gasteiger partial charge in [-0.15, -0.1) is 0 Å². The SMILES string of the molecule is COc1cc(OC)c2cc[nH]c2c1C1CCCN1. The van der Waals surface area contributed by atoms with E-state index in [0.29, 0.717) is 6.04 Å². The highest BCUT2D eigenvalue weighted by Gasteiger charge is 2.24. The fourth-order valence-electron chi connectivity index (χ4n) is 2.81. The van der Waals surface area contributed by atoms with E-state index < -0.39 is 0 Å². The number of rotatable bonds is 3. The van der Waals surface area contributed by atoms with Crippen LogP contribution in [0, 0.1) is 0 Å². The Kier molecular flexibility index (Phi) is 2.88. The number of H-pyrrole nitrogens is 1. The van der Waals surface area contributed by atoms with Crippen LogP contribution in [0.3, 0.4) is 0 Å². The average molecular weight is 246 g/mol. The van der Waals surface area contributed by atoms with Crippen molar-refractivity contribution in [2.45, 2.75) is 18.9 Å². The Hall–Kier alpha value is -1.68. The highest BCUT2D eigenvalue weighted by molar-refractivity contribution is 5.91. The maximum atomic E-state index is 5.54. The number of hydrogen-bond acceptors (Lipinski definition) is 3. The van der Waals surface area contributed by atoms with Gasteiger partial charge in [0.2, 0.25) is 0 Å². The normalized spacial score (nSPS) is 19.3.